The summed E-state index contributed by atoms with van der Waals surface area (Å²) in [6, 6.07) is 0. The summed E-state index contributed by atoms with van der Waals surface area (Å²) in [4.78, 5) is 3.88. The maximum atomic E-state index is 5.03. The van der Waals surface area contributed by atoms with E-state index in [9.17, 15) is 0 Å². The number of hydrogen-bond acceptors (Lipinski definition) is 4. The van der Waals surface area contributed by atoms with Gasteiger partial charge in [0.25, 0.3) is 0 Å². The lowest BCUT2D eigenvalue weighted by Crippen LogP contribution is -2.34. The highest BCUT2D eigenvalue weighted by Crippen LogP contribution is 2.19. The lowest BCUT2D eigenvalue weighted by Gasteiger charge is -2.25. The Kier molecular flexibility index (Phi) is 0.816. The Balaban J connectivity index is 2.17. The van der Waals surface area contributed by atoms with E-state index in [2.05, 4.69) is 4.90 Å². The molecular formula is C4H5BNO3-. The Labute approximate surface area is 52.2 Å². The van der Waals surface area contributed by atoms with E-state index in [0.717, 1.165) is 0 Å². The highest BCUT2D eigenvalue weighted by molar-refractivity contribution is 6.61. The van der Waals surface area contributed by atoms with Crippen LogP contribution in [0.4, 0.5) is 0 Å². The van der Waals surface area contributed by atoms with Crippen LogP contribution in [0.2, 0.25) is 0 Å². The summed E-state index contributed by atoms with van der Waals surface area (Å²) in [5.74, 6) is 0. The Hall–Kier alpha value is -0.965. The number of rotatable bonds is 0. The third-order valence-electron chi connectivity index (χ3n) is 1.23. The molecule has 0 fully saturated rings. The van der Waals surface area contributed by atoms with Gasteiger partial charge in [0, 0.05) is 6.61 Å². The van der Waals surface area contributed by atoms with Crippen LogP contribution in [-0.2, 0) is 14.0 Å². The minimum absolute atomic E-state index is 0.474. The van der Waals surface area contributed by atoms with Crippen molar-refractivity contribution in [2.24, 2.45) is 4.90 Å². The zero-order valence-corrected chi connectivity index (χ0v) is 4.69. The van der Waals surface area contributed by atoms with Crippen LogP contribution in [0.5, 0.6) is 0 Å². The van der Waals surface area contributed by atoms with Gasteiger partial charge in [0.2, 0.25) is 0 Å². The van der Waals surface area contributed by atoms with E-state index >= 15 is 0 Å². The Morgan fingerprint density at radius 1 is 1.33 bits per heavy atom. The van der Waals surface area contributed by atoms with Crippen LogP contribution >= 0.6 is 0 Å². The second-order valence-corrected chi connectivity index (χ2v) is 1.81. The summed E-state index contributed by atoms with van der Waals surface area (Å²) in [6.45, 7) is -1.29. The van der Waals surface area contributed by atoms with E-state index in [4.69, 9.17) is 14.0 Å². The molecule has 2 heterocycles. The van der Waals surface area contributed by atoms with E-state index in [-0.39, 0.29) is 0 Å². The maximum Gasteiger partial charge on any atom is 0.626 e. The largest absolute Gasteiger partial charge is 0.643 e. The molecule has 2 aliphatic heterocycles. The molecule has 0 bridgehead atoms. The summed E-state index contributed by atoms with van der Waals surface area (Å²) in [7, 11) is 0. The lowest BCUT2D eigenvalue weighted by atomic mass is 10.0. The molecule has 0 radical (unpaired) electrons. The molecule has 0 unspecified atom stereocenters. The van der Waals surface area contributed by atoms with Gasteiger partial charge in [0.15, 0.2) is 0 Å². The Morgan fingerprint density at radius 2 is 2.11 bits per heavy atom. The van der Waals surface area contributed by atoms with Crippen LogP contribution in [0.15, 0.2) is 17.4 Å². The minimum atomic E-state index is -1.76. The minimum Gasteiger partial charge on any atom is -0.643 e. The molecule has 0 atom stereocenters. The van der Waals surface area contributed by atoms with Crippen molar-refractivity contribution >= 4 is 13.1 Å². The van der Waals surface area contributed by atoms with Crippen molar-refractivity contribution in [1.29, 1.82) is 0 Å². The molecular weight excluding hydrogens is 121 g/mol. The first-order chi connectivity index (χ1) is 4.41. The van der Waals surface area contributed by atoms with Crippen molar-refractivity contribution in [2.45, 2.75) is 0 Å². The molecule has 1 spiro atoms. The topological polar surface area (TPSA) is 40.0 Å². The molecule has 0 aromatic heterocycles. The fraction of sp³-hybridized carbons (Fsp3) is 0.250. The van der Waals surface area contributed by atoms with Crippen molar-refractivity contribution in [3.63, 3.8) is 0 Å². The predicted octanol–water partition coefficient (Wildman–Crippen LogP) is 0.0410. The second kappa shape index (κ2) is 1.51. The predicted molar refractivity (Wildman–Crippen MR) is 31.5 cm³/mol. The van der Waals surface area contributed by atoms with E-state index in [1.54, 1.807) is 6.21 Å². The summed E-state index contributed by atoms with van der Waals surface area (Å²) >= 11 is 0. The van der Waals surface area contributed by atoms with E-state index in [0.29, 0.717) is 6.61 Å². The lowest BCUT2D eigenvalue weighted by molar-refractivity contribution is 0.191. The third-order valence-corrected chi connectivity index (χ3v) is 1.23. The van der Waals surface area contributed by atoms with Gasteiger partial charge >= 0.3 is 6.89 Å². The Morgan fingerprint density at radius 3 is 2.67 bits per heavy atom. The van der Waals surface area contributed by atoms with Crippen LogP contribution in [0, 0.1) is 0 Å². The summed E-state index contributed by atoms with van der Waals surface area (Å²) in [5, 5.41) is 0. The third kappa shape index (κ3) is 0.615. The van der Waals surface area contributed by atoms with Crippen molar-refractivity contribution in [3.05, 3.63) is 12.5 Å². The van der Waals surface area contributed by atoms with Gasteiger partial charge in [-0.05, 0) is 6.21 Å². The molecule has 9 heavy (non-hydrogen) atoms. The van der Waals surface area contributed by atoms with Crippen molar-refractivity contribution in [2.75, 3.05) is 6.61 Å². The molecule has 0 aromatic rings. The zero-order chi connectivity index (χ0) is 6.16. The van der Waals surface area contributed by atoms with Gasteiger partial charge in [0.1, 0.15) is 0 Å². The fourth-order valence-corrected chi connectivity index (χ4v) is 0.823. The molecule has 48 valence electrons. The van der Waals surface area contributed by atoms with Crippen LogP contribution in [0.25, 0.3) is 0 Å². The molecule has 4 nitrogen and oxygen atoms in total. The molecule has 0 N–H and O–H groups in total. The SMILES string of the molecule is C1=CO[B-]2(N=CCO2)O1. The molecule has 2 aliphatic rings. The van der Waals surface area contributed by atoms with E-state index in [1.165, 1.54) is 12.5 Å². The van der Waals surface area contributed by atoms with Crippen LogP contribution < -0.4 is 0 Å². The highest BCUT2D eigenvalue weighted by atomic mass is 16.8. The van der Waals surface area contributed by atoms with Gasteiger partial charge in [-0.3, -0.25) is 0 Å². The quantitative estimate of drug-likeness (QED) is 0.430. The van der Waals surface area contributed by atoms with Gasteiger partial charge in [-0.25, -0.2) is 0 Å². The van der Waals surface area contributed by atoms with Crippen LogP contribution in [0.1, 0.15) is 0 Å². The first-order valence-electron chi connectivity index (χ1n) is 2.73. The normalized spacial score (nSPS) is 26.7. The molecule has 0 saturated heterocycles. The maximum absolute atomic E-state index is 5.03. The van der Waals surface area contributed by atoms with Gasteiger partial charge in [0.05, 0.1) is 12.5 Å². The standard InChI is InChI=1S/C4H5BNO3/c1-2-7-5(6-1)8-3-4-9-5/h1,3-4H,2H2/q-1. The van der Waals surface area contributed by atoms with Crippen molar-refractivity contribution in [1.82, 2.24) is 0 Å². The first-order valence-corrected chi connectivity index (χ1v) is 2.73. The van der Waals surface area contributed by atoms with Gasteiger partial charge in [-0.1, -0.05) is 0 Å². The Bertz CT molecular complexity index is 171. The highest BCUT2D eigenvalue weighted by Gasteiger charge is 2.36. The average Bonchev–Trinajstić information content (AvgIpc) is 2.45. The van der Waals surface area contributed by atoms with E-state index < -0.39 is 6.89 Å². The smallest absolute Gasteiger partial charge is 0.626 e. The summed E-state index contributed by atoms with van der Waals surface area (Å²) < 4.78 is 14.9. The van der Waals surface area contributed by atoms with Crippen LogP contribution in [0.3, 0.4) is 0 Å². The van der Waals surface area contributed by atoms with Crippen LogP contribution in [-0.4, -0.2) is 19.7 Å². The van der Waals surface area contributed by atoms with Crippen molar-refractivity contribution < 1.29 is 14.0 Å². The number of nitrogens with zero attached hydrogens (tertiary/aromatic N) is 1. The van der Waals surface area contributed by atoms with Gasteiger partial charge < -0.3 is 18.9 Å². The molecule has 0 amide bonds. The molecule has 0 aromatic carbocycles. The number of hydrogen-bond donors (Lipinski definition) is 0. The van der Waals surface area contributed by atoms with Crippen molar-refractivity contribution in [3.8, 4) is 0 Å². The van der Waals surface area contributed by atoms with Gasteiger partial charge in [-0.15, -0.1) is 0 Å². The summed E-state index contributed by atoms with van der Waals surface area (Å²) in [5.41, 5.74) is 0. The van der Waals surface area contributed by atoms with Gasteiger partial charge in [-0.2, -0.15) is 0 Å². The van der Waals surface area contributed by atoms with E-state index in [1.807, 2.05) is 0 Å². The zero-order valence-electron chi connectivity index (χ0n) is 4.69. The average molecular weight is 126 g/mol. The fourth-order valence-electron chi connectivity index (χ4n) is 0.823. The molecule has 5 heteroatoms. The molecule has 0 saturated carbocycles. The molecule has 2 rings (SSSR count). The monoisotopic (exact) mass is 126 g/mol. The molecule has 0 aliphatic carbocycles. The first kappa shape index (κ1) is 4.87. The summed E-state index contributed by atoms with van der Waals surface area (Å²) in [6.07, 6.45) is 4.50. The second-order valence-electron chi connectivity index (χ2n) is 1.81.